The van der Waals surface area contributed by atoms with Crippen molar-refractivity contribution >= 4 is 17.8 Å². The number of hydrogen-bond acceptors (Lipinski definition) is 4. The van der Waals surface area contributed by atoms with E-state index in [1.807, 2.05) is 37.4 Å². The first-order valence-electron chi connectivity index (χ1n) is 7.07. The fourth-order valence-electron chi connectivity index (χ4n) is 2.27. The van der Waals surface area contributed by atoms with E-state index in [4.69, 9.17) is 0 Å². The molecule has 1 heterocycles. The van der Waals surface area contributed by atoms with Gasteiger partial charge in [0, 0.05) is 12.7 Å². The zero-order valence-electron chi connectivity index (χ0n) is 12.0. The average Bonchev–Trinajstić information content (AvgIpc) is 2.47. The number of nitrogens with one attached hydrogen (secondary N) is 1. The Morgan fingerprint density at radius 1 is 1.30 bits per heavy atom. The fourth-order valence-corrected chi connectivity index (χ4v) is 2.27. The second-order valence-corrected chi connectivity index (χ2v) is 5.08. The van der Waals surface area contributed by atoms with Crippen LogP contribution in [0.3, 0.4) is 0 Å². The molecule has 1 aromatic rings. The van der Waals surface area contributed by atoms with E-state index < -0.39 is 0 Å². The van der Waals surface area contributed by atoms with E-state index in [1.54, 1.807) is 5.01 Å². The molecular formula is C15H22N4O. The monoisotopic (exact) mass is 274 g/mol. The predicted molar refractivity (Wildman–Crippen MR) is 81.6 cm³/mol. The Labute approximate surface area is 120 Å². The molecule has 5 heteroatoms. The molecule has 1 aliphatic rings. The lowest BCUT2D eigenvalue weighted by Crippen LogP contribution is -2.37. The number of nitrogens with zero attached hydrogens (tertiary/aromatic N) is 3. The van der Waals surface area contributed by atoms with Gasteiger partial charge in [-0.25, -0.2) is 0 Å². The second-order valence-electron chi connectivity index (χ2n) is 5.08. The number of piperidine rings is 1. The van der Waals surface area contributed by atoms with Crippen LogP contribution in [0.4, 0.5) is 5.69 Å². The van der Waals surface area contributed by atoms with Crippen LogP contribution in [-0.4, -0.2) is 48.8 Å². The number of hydrazone groups is 1. The summed E-state index contributed by atoms with van der Waals surface area (Å²) in [6.45, 7) is 3.02. The van der Waals surface area contributed by atoms with Crippen molar-refractivity contribution in [3.05, 3.63) is 30.3 Å². The van der Waals surface area contributed by atoms with Crippen LogP contribution in [0.2, 0.25) is 0 Å². The third-order valence-electron chi connectivity index (χ3n) is 3.27. The molecule has 1 aromatic carbocycles. The minimum Gasteiger partial charge on any atom is -0.321 e. The molecule has 20 heavy (non-hydrogen) atoms. The van der Waals surface area contributed by atoms with Gasteiger partial charge in [-0.3, -0.25) is 14.7 Å². The molecule has 0 atom stereocenters. The number of benzene rings is 1. The first-order valence-corrected chi connectivity index (χ1v) is 7.07. The van der Waals surface area contributed by atoms with E-state index >= 15 is 0 Å². The maximum Gasteiger partial charge on any atom is 0.268 e. The maximum absolute atomic E-state index is 11.7. The molecule has 0 saturated carbocycles. The summed E-state index contributed by atoms with van der Waals surface area (Å²) in [4.78, 5) is 14.1. The number of rotatable bonds is 5. The molecule has 2 rings (SSSR count). The van der Waals surface area contributed by atoms with Crippen LogP contribution < -0.4 is 5.32 Å². The largest absolute Gasteiger partial charge is 0.321 e. The van der Waals surface area contributed by atoms with E-state index in [9.17, 15) is 4.79 Å². The lowest BCUT2D eigenvalue weighted by molar-refractivity contribution is -0.110. The van der Waals surface area contributed by atoms with Gasteiger partial charge in [0.1, 0.15) is 6.21 Å². The topological polar surface area (TPSA) is 47.9 Å². The van der Waals surface area contributed by atoms with Gasteiger partial charge < -0.3 is 5.32 Å². The van der Waals surface area contributed by atoms with Crippen molar-refractivity contribution in [3.63, 3.8) is 0 Å². The van der Waals surface area contributed by atoms with Crippen molar-refractivity contribution in [2.24, 2.45) is 5.10 Å². The molecule has 108 valence electrons. The minimum absolute atomic E-state index is 0.207. The number of amides is 1. The van der Waals surface area contributed by atoms with E-state index in [0.29, 0.717) is 0 Å². The minimum atomic E-state index is -0.207. The Morgan fingerprint density at radius 3 is 2.70 bits per heavy atom. The number of carbonyl (C=O) groups is 1. The summed E-state index contributed by atoms with van der Waals surface area (Å²) in [5.74, 6) is -0.207. The third-order valence-corrected chi connectivity index (χ3v) is 3.27. The first-order chi connectivity index (χ1) is 9.74. The molecule has 1 saturated heterocycles. The quantitative estimate of drug-likeness (QED) is 0.660. The second kappa shape index (κ2) is 7.65. The van der Waals surface area contributed by atoms with Gasteiger partial charge in [0.05, 0.1) is 6.67 Å². The molecule has 1 fully saturated rings. The summed E-state index contributed by atoms with van der Waals surface area (Å²) < 4.78 is 0. The van der Waals surface area contributed by atoms with Crippen LogP contribution >= 0.6 is 0 Å². The summed E-state index contributed by atoms with van der Waals surface area (Å²) in [7, 11) is 1.89. The van der Waals surface area contributed by atoms with E-state index in [0.717, 1.165) is 25.4 Å². The SMILES string of the molecule is CN(CN1CCCCC1)/N=C/C(=O)Nc1ccccc1. The van der Waals surface area contributed by atoms with Crippen LogP contribution in [0.25, 0.3) is 0 Å². The molecule has 0 unspecified atom stereocenters. The summed E-state index contributed by atoms with van der Waals surface area (Å²) in [6, 6.07) is 9.38. The smallest absolute Gasteiger partial charge is 0.268 e. The van der Waals surface area contributed by atoms with Crippen LogP contribution in [0.1, 0.15) is 19.3 Å². The zero-order chi connectivity index (χ0) is 14.2. The van der Waals surface area contributed by atoms with Gasteiger partial charge in [-0.15, -0.1) is 0 Å². The lowest BCUT2D eigenvalue weighted by Gasteiger charge is -2.29. The highest BCUT2D eigenvalue weighted by Crippen LogP contribution is 2.08. The fraction of sp³-hybridized carbons (Fsp3) is 0.467. The van der Waals surface area contributed by atoms with Crippen molar-refractivity contribution < 1.29 is 4.79 Å². The predicted octanol–water partition coefficient (Wildman–Crippen LogP) is 1.99. The molecule has 5 nitrogen and oxygen atoms in total. The molecular weight excluding hydrogens is 252 g/mol. The van der Waals surface area contributed by atoms with Gasteiger partial charge >= 0.3 is 0 Å². The molecule has 1 amide bonds. The van der Waals surface area contributed by atoms with Crippen LogP contribution in [0.5, 0.6) is 0 Å². The van der Waals surface area contributed by atoms with Gasteiger partial charge in [0.2, 0.25) is 0 Å². The van der Waals surface area contributed by atoms with Gasteiger partial charge in [-0.05, 0) is 38.1 Å². The normalized spacial score (nSPS) is 16.2. The summed E-state index contributed by atoms with van der Waals surface area (Å²) >= 11 is 0. The number of para-hydroxylation sites is 1. The Hall–Kier alpha value is -1.88. The standard InChI is InChI=1S/C15H22N4O/c1-18(13-19-10-6-3-7-11-19)16-12-15(20)17-14-8-4-2-5-9-14/h2,4-5,8-9,12H,3,6-7,10-11,13H2,1H3,(H,17,20)/b16-12+. The number of hydrogen-bond donors (Lipinski definition) is 1. The molecule has 1 aliphatic heterocycles. The third kappa shape index (κ3) is 5.01. The molecule has 1 N–H and O–H groups in total. The highest BCUT2D eigenvalue weighted by atomic mass is 16.1. The number of carbonyl (C=O) groups excluding carboxylic acids is 1. The van der Waals surface area contributed by atoms with E-state index in [-0.39, 0.29) is 5.91 Å². The Bertz CT molecular complexity index is 440. The van der Waals surface area contributed by atoms with Crippen molar-refractivity contribution in [1.29, 1.82) is 0 Å². The highest BCUT2D eigenvalue weighted by molar-refractivity contribution is 6.31. The molecule has 0 bridgehead atoms. The molecule has 0 aliphatic carbocycles. The number of likely N-dealkylation sites (tertiary alicyclic amines) is 1. The lowest BCUT2D eigenvalue weighted by atomic mass is 10.1. The van der Waals surface area contributed by atoms with Crippen LogP contribution in [0, 0.1) is 0 Å². The average molecular weight is 274 g/mol. The zero-order valence-corrected chi connectivity index (χ0v) is 12.0. The molecule has 0 aromatic heterocycles. The van der Waals surface area contributed by atoms with Crippen LogP contribution in [-0.2, 0) is 4.79 Å². The van der Waals surface area contributed by atoms with Crippen LogP contribution in [0.15, 0.2) is 35.4 Å². The summed E-state index contributed by atoms with van der Waals surface area (Å²) in [5.41, 5.74) is 0.780. The summed E-state index contributed by atoms with van der Waals surface area (Å²) in [6.07, 6.45) is 5.16. The van der Waals surface area contributed by atoms with E-state index in [2.05, 4.69) is 15.3 Å². The Kier molecular flexibility index (Phi) is 5.55. The highest BCUT2D eigenvalue weighted by Gasteiger charge is 2.10. The van der Waals surface area contributed by atoms with Crippen molar-refractivity contribution in [1.82, 2.24) is 9.91 Å². The molecule has 0 radical (unpaired) electrons. The Morgan fingerprint density at radius 2 is 2.00 bits per heavy atom. The van der Waals surface area contributed by atoms with Gasteiger partial charge in [0.15, 0.2) is 0 Å². The van der Waals surface area contributed by atoms with Gasteiger partial charge in [-0.1, -0.05) is 24.6 Å². The van der Waals surface area contributed by atoms with Crippen molar-refractivity contribution in [2.75, 3.05) is 32.1 Å². The maximum atomic E-state index is 11.7. The van der Waals surface area contributed by atoms with Gasteiger partial charge in [0.25, 0.3) is 5.91 Å². The summed E-state index contributed by atoms with van der Waals surface area (Å²) in [5, 5.41) is 8.74. The first kappa shape index (κ1) is 14.5. The van der Waals surface area contributed by atoms with E-state index in [1.165, 1.54) is 25.5 Å². The van der Waals surface area contributed by atoms with Crippen molar-refractivity contribution in [2.45, 2.75) is 19.3 Å². The molecule has 0 spiro atoms. The Balaban J connectivity index is 1.75. The van der Waals surface area contributed by atoms with Crippen molar-refractivity contribution in [3.8, 4) is 0 Å². The number of anilines is 1. The van der Waals surface area contributed by atoms with Gasteiger partial charge in [-0.2, -0.15) is 5.10 Å².